The highest BCUT2D eigenvalue weighted by molar-refractivity contribution is 14.1. The van der Waals surface area contributed by atoms with E-state index >= 15 is 0 Å². The lowest BCUT2D eigenvalue weighted by Crippen LogP contribution is -2.10. The van der Waals surface area contributed by atoms with Crippen molar-refractivity contribution in [2.75, 3.05) is 13.7 Å². The maximum absolute atomic E-state index is 5.84. The molecule has 0 radical (unpaired) electrons. The summed E-state index contributed by atoms with van der Waals surface area (Å²) in [4.78, 5) is 0. The van der Waals surface area contributed by atoms with E-state index in [0.29, 0.717) is 6.61 Å². The molecule has 70 valence electrons. The Hall–Kier alpha value is -0.490. The lowest BCUT2D eigenvalue weighted by molar-refractivity contribution is 0.331. The van der Waals surface area contributed by atoms with E-state index in [2.05, 4.69) is 22.6 Å². The summed E-state index contributed by atoms with van der Waals surface area (Å²) < 4.78 is 11.6. The quantitative estimate of drug-likeness (QED) is 0.801. The van der Waals surface area contributed by atoms with Gasteiger partial charge in [0.25, 0.3) is 0 Å². The van der Waals surface area contributed by atoms with Gasteiger partial charge in [-0.3, -0.25) is 0 Å². The fourth-order valence-electron chi connectivity index (χ4n) is 1.39. The predicted molar refractivity (Wildman–Crippen MR) is 58.1 cm³/mol. The molecule has 0 bridgehead atoms. The van der Waals surface area contributed by atoms with Crippen molar-refractivity contribution in [3.05, 3.63) is 21.3 Å². The Balaban J connectivity index is 2.50. The van der Waals surface area contributed by atoms with Crippen LogP contribution in [0.1, 0.15) is 11.6 Å². The predicted octanol–water partition coefficient (Wildman–Crippen LogP) is 1.69. The summed E-state index contributed by atoms with van der Waals surface area (Å²) >= 11 is 2.23. The summed E-state index contributed by atoms with van der Waals surface area (Å²) in [7, 11) is 1.65. The van der Waals surface area contributed by atoms with Crippen molar-refractivity contribution in [3.63, 3.8) is 0 Å². The molecule has 1 atom stereocenters. The van der Waals surface area contributed by atoms with Gasteiger partial charge < -0.3 is 15.2 Å². The van der Waals surface area contributed by atoms with Gasteiger partial charge in [-0.1, -0.05) is 0 Å². The molecule has 0 amide bonds. The topological polar surface area (TPSA) is 44.5 Å². The summed E-state index contributed by atoms with van der Waals surface area (Å²) in [5.74, 6) is 1.69. The molecule has 0 saturated carbocycles. The molecule has 0 fully saturated rings. The maximum Gasteiger partial charge on any atom is 0.135 e. The van der Waals surface area contributed by atoms with Crippen molar-refractivity contribution >= 4 is 22.6 Å². The lowest BCUT2D eigenvalue weighted by atomic mass is 10.1. The van der Waals surface area contributed by atoms with E-state index in [9.17, 15) is 0 Å². The minimum atomic E-state index is 0.00872. The van der Waals surface area contributed by atoms with E-state index < -0.39 is 0 Å². The molecule has 1 heterocycles. The Morgan fingerprint density at radius 2 is 2.38 bits per heavy atom. The van der Waals surface area contributed by atoms with Crippen LogP contribution in [0.2, 0.25) is 0 Å². The largest absolute Gasteiger partial charge is 0.496 e. The molecule has 0 aliphatic carbocycles. The first kappa shape index (κ1) is 9.08. The molecule has 4 heteroatoms. The van der Waals surface area contributed by atoms with Gasteiger partial charge in [-0.2, -0.15) is 0 Å². The molecular formula is C9H10INO2. The monoisotopic (exact) mass is 291 g/mol. The molecule has 3 nitrogen and oxygen atoms in total. The first-order valence-corrected chi connectivity index (χ1v) is 5.06. The van der Waals surface area contributed by atoms with Crippen LogP contribution in [0.5, 0.6) is 11.5 Å². The van der Waals surface area contributed by atoms with Gasteiger partial charge in [0.15, 0.2) is 0 Å². The first-order chi connectivity index (χ1) is 6.22. The average molecular weight is 291 g/mol. The number of fused-ring (bicyclic) bond motifs is 1. The number of methoxy groups -OCH3 is 1. The van der Waals surface area contributed by atoms with E-state index in [1.807, 2.05) is 12.1 Å². The first-order valence-electron chi connectivity index (χ1n) is 3.98. The summed E-state index contributed by atoms with van der Waals surface area (Å²) in [6, 6.07) is 3.92. The van der Waals surface area contributed by atoms with Crippen LogP contribution in [0.25, 0.3) is 0 Å². The number of rotatable bonds is 1. The standard InChI is InChI=1S/C9H10INO2/c1-12-9-3-8-5(2-6(9)10)7(11)4-13-8/h2-3,7H,4,11H2,1H3/t7-/m0/s1. The summed E-state index contributed by atoms with van der Waals surface area (Å²) in [5.41, 5.74) is 6.91. The van der Waals surface area contributed by atoms with Gasteiger partial charge in [0.2, 0.25) is 0 Å². The molecule has 0 saturated heterocycles. The zero-order valence-electron chi connectivity index (χ0n) is 7.21. The van der Waals surface area contributed by atoms with Crippen molar-refractivity contribution in [3.8, 4) is 11.5 Å². The summed E-state index contributed by atoms with van der Waals surface area (Å²) in [5, 5.41) is 0. The van der Waals surface area contributed by atoms with Gasteiger partial charge in [0.05, 0.1) is 16.7 Å². The normalized spacial score (nSPS) is 19.5. The molecule has 2 N–H and O–H groups in total. The highest BCUT2D eigenvalue weighted by Gasteiger charge is 2.22. The second kappa shape index (κ2) is 3.34. The minimum Gasteiger partial charge on any atom is -0.496 e. The third-order valence-corrected chi connectivity index (χ3v) is 2.95. The van der Waals surface area contributed by atoms with Gasteiger partial charge in [0.1, 0.15) is 18.1 Å². The van der Waals surface area contributed by atoms with E-state index in [-0.39, 0.29) is 6.04 Å². The Morgan fingerprint density at radius 3 is 3.08 bits per heavy atom. The fraction of sp³-hybridized carbons (Fsp3) is 0.333. The number of halogens is 1. The Labute approximate surface area is 90.3 Å². The highest BCUT2D eigenvalue weighted by atomic mass is 127. The number of ether oxygens (including phenoxy) is 2. The van der Waals surface area contributed by atoms with Crippen molar-refractivity contribution in [2.24, 2.45) is 5.73 Å². The van der Waals surface area contributed by atoms with E-state index in [4.69, 9.17) is 15.2 Å². The molecule has 0 spiro atoms. The SMILES string of the molecule is COc1cc2c(cc1I)[C@@H](N)CO2. The van der Waals surface area contributed by atoms with Crippen LogP contribution in [-0.2, 0) is 0 Å². The Bertz CT molecular complexity index is 341. The number of hydrogen-bond acceptors (Lipinski definition) is 3. The zero-order chi connectivity index (χ0) is 9.42. The Morgan fingerprint density at radius 1 is 1.62 bits per heavy atom. The molecule has 0 unspecified atom stereocenters. The van der Waals surface area contributed by atoms with Crippen LogP contribution in [0, 0.1) is 3.57 Å². The molecule has 1 aromatic carbocycles. The van der Waals surface area contributed by atoms with Gasteiger partial charge in [0, 0.05) is 11.6 Å². The number of nitrogens with two attached hydrogens (primary N) is 1. The highest BCUT2D eigenvalue weighted by Crippen LogP contribution is 2.36. The van der Waals surface area contributed by atoms with Crippen molar-refractivity contribution in [2.45, 2.75) is 6.04 Å². The molecular weight excluding hydrogens is 281 g/mol. The van der Waals surface area contributed by atoms with Crippen LogP contribution in [0.15, 0.2) is 12.1 Å². The van der Waals surface area contributed by atoms with Crippen LogP contribution < -0.4 is 15.2 Å². The van der Waals surface area contributed by atoms with Crippen LogP contribution in [-0.4, -0.2) is 13.7 Å². The number of benzene rings is 1. The van der Waals surface area contributed by atoms with Gasteiger partial charge in [-0.15, -0.1) is 0 Å². The molecule has 0 aromatic heterocycles. The smallest absolute Gasteiger partial charge is 0.135 e. The molecule has 2 rings (SSSR count). The average Bonchev–Trinajstić information content (AvgIpc) is 2.47. The third-order valence-electron chi connectivity index (χ3n) is 2.10. The molecule has 1 aliphatic heterocycles. The van der Waals surface area contributed by atoms with E-state index in [1.165, 1.54) is 0 Å². The minimum absolute atomic E-state index is 0.00872. The summed E-state index contributed by atoms with van der Waals surface area (Å²) in [6.45, 7) is 0.568. The molecule has 1 aliphatic rings. The third kappa shape index (κ3) is 1.48. The van der Waals surface area contributed by atoms with Gasteiger partial charge in [-0.05, 0) is 28.7 Å². The second-order valence-electron chi connectivity index (χ2n) is 2.94. The van der Waals surface area contributed by atoms with E-state index in [0.717, 1.165) is 20.6 Å². The van der Waals surface area contributed by atoms with Crippen LogP contribution in [0.4, 0.5) is 0 Å². The zero-order valence-corrected chi connectivity index (χ0v) is 9.37. The fourth-order valence-corrected chi connectivity index (χ4v) is 2.10. The summed E-state index contributed by atoms with van der Waals surface area (Å²) in [6.07, 6.45) is 0. The number of hydrogen-bond donors (Lipinski definition) is 1. The van der Waals surface area contributed by atoms with Crippen molar-refractivity contribution in [1.82, 2.24) is 0 Å². The van der Waals surface area contributed by atoms with Crippen LogP contribution >= 0.6 is 22.6 Å². The van der Waals surface area contributed by atoms with Crippen molar-refractivity contribution < 1.29 is 9.47 Å². The van der Waals surface area contributed by atoms with Crippen LogP contribution in [0.3, 0.4) is 0 Å². The van der Waals surface area contributed by atoms with Gasteiger partial charge in [-0.25, -0.2) is 0 Å². The molecule has 1 aromatic rings. The Kier molecular flexibility index (Phi) is 2.33. The van der Waals surface area contributed by atoms with Gasteiger partial charge >= 0.3 is 0 Å². The van der Waals surface area contributed by atoms with Crippen molar-refractivity contribution in [1.29, 1.82) is 0 Å². The molecule has 13 heavy (non-hydrogen) atoms. The van der Waals surface area contributed by atoms with E-state index in [1.54, 1.807) is 7.11 Å². The maximum atomic E-state index is 5.84. The second-order valence-corrected chi connectivity index (χ2v) is 4.10. The lowest BCUT2D eigenvalue weighted by Gasteiger charge is -2.06.